The van der Waals surface area contributed by atoms with Gasteiger partial charge in [0.15, 0.2) is 17.8 Å². The summed E-state index contributed by atoms with van der Waals surface area (Å²) in [6.45, 7) is 3.86. The second-order valence-electron chi connectivity index (χ2n) is 4.67. The van der Waals surface area contributed by atoms with Crippen molar-refractivity contribution in [2.45, 2.75) is 32.5 Å². The summed E-state index contributed by atoms with van der Waals surface area (Å²) < 4.78 is 22.1. The molecular weight excluding hydrogens is 244 g/mol. The number of ether oxygens (including phenoxy) is 4. The fraction of sp³-hybridized carbons (Fsp3) is 0.600. The molecule has 0 amide bonds. The number of aryl methyl sites for hydroxylation is 1. The van der Waals surface area contributed by atoms with Crippen molar-refractivity contribution in [1.82, 2.24) is 0 Å². The molecule has 1 heterocycles. The van der Waals surface area contributed by atoms with Crippen LogP contribution in [0.4, 0.5) is 0 Å². The quantitative estimate of drug-likeness (QED) is 0.742. The minimum absolute atomic E-state index is 0.0581. The Morgan fingerprint density at radius 3 is 2.84 bits per heavy atom. The van der Waals surface area contributed by atoms with Gasteiger partial charge < -0.3 is 18.9 Å². The second-order valence-corrected chi connectivity index (χ2v) is 4.67. The molecule has 1 aromatic rings. The van der Waals surface area contributed by atoms with Gasteiger partial charge in [-0.25, -0.2) is 0 Å². The topological polar surface area (TPSA) is 36.9 Å². The predicted octanol–water partition coefficient (Wildman–Crippen LogP) is 2.93. The van der Waals surface area contributed by atoms with Gasteiger partial charge >= 0.3 is 0 Å². The van der Waals surface area contributed by atoms with E-state index in [4.69, 9.17) is 18.9 Å². The highest BCUT2D eigenvalue weighted by atomic mass is 16.7. The lowest BCUT2D eigenvalue weighted by atomic mass is 10.2. The molecule has 1 unspecified atom stereocenters. The lowest BCUT2D eigenvalue weighted by molar-refractivity contribution is -0.165. The largest absolute Gasteiger partial charge is 0.493 e. The van der Waals surface area contributed by atoms with Crippen molar-refractivity contribution >= 4 is 0 Å². The molecule has 1 fully saturated rings. The fourth-order valence-corrected chi connectivity index (χ4v) is 2.07. The van der Waals surface area contributed by atoms with Crippen LogP contribution < -0.4 is 9.47 Å². The Bertz CT molecular complexity index is 386. The molecule has 0 N–H and O–H groups in total. The monoisotopic (exact) mass is 266 g/mol. The summed E-state index contributed by atoms with van der Waals surface area (Å²) in [5.41, 5.74) is 1.15. The third kappa shape index (κ3) is 4.40. The number of methoxy groups -OCH3 is 1. The third-order valence-corrected chi connectivity index (χ3v) is 3.10. The zero-order valence-electron chi connectivity index (χ0n) is 11.7. The van der Waals surface area contributed by atoms with Crippen LogP contribution >= 0.6 is 0 Å². The highest BCUT2D eigenvalue weighted by Crippen LogP contribution is 2.27. The molecule has 0 bridgehead atoms. The van der Waals surface area contributed by atoms with E-state index in [1.54, 1.807) is 7.11 Å². The molecule has 1 aliphatic heterocycles. The fourth-order valence-electron chi connectivity index (χ4n) is 2.07. The average molecular weight is 266 g/mol. The normalized spacial score (nSPS) is 19.2. The molecule has 1 atom stereocenters. The predicted molar refractivity (Wildman–Crippen MR) is 72.8 cm³/mol. The molecule has 0 aromatic heterocycles. The Labute approximate surface area is 114 Å². The van der Waals surface area contributed by atoms with Gasteiger partial charge in [-0.15, -0.1) is 0 Å². The first-order chi connectivity index (χ1) is 9.29. The summed E-state index contributed by atoms with van der Waals surface area (Å²) in [5, 5.41) is 0. The van der Waals surface area contributed by atoms with Gasteiger partial charge in [-0.3, -0.25) is 0 Å². The van der Waals surface area contributed by atoms with Crippen LogP contribution in [0.1, 0.15) is 24.8 Å². The van der Waals surface area contributed by atoms with Crippen molar-refractivity contribution < 1.29 is 18.9 Å². The van der Waals surface area contributed by atoms with Crippen LogP contribution in [0.25, 0.3) is 0 Å². The zero-order chi connectivity index (χ0) is 13.5. The first-order valence-electron chi connectivity index (χ1n) is 6.80. The van der Waals surface area contributed by atoms with Crippen molar-refractivity contribution in [2.75, 3.05) is 26.9 Å². The van der Waals surface area contributed by atoms with Crippen LogP contribution in [-0.4, -0.2) is 33.2 Å². The summed E-state index contributed by atoms with van der Waals surface area (Å²) in [7, 11) is 1.65. The Morgan fingerprint density at radius 1 is 1.21 bits per heavy atom. The molecule has 1 aliphatic rings. The molecule has 4 heteroatoms. The Hall–Kier alpha value is -1.26. The zero-order valence-corrected chi connectivity index (χ0v) is 11.7. The van der Waals surface area contributed by atoms with Crippen LogP contribution in [0.2, 0.25) is 0 Å². The van der Waals surface area contributed by atoms with Gasteiger partial charge in [-0.05, 0) is 43.9 Å². The second kappa shape index (κ2) is 7.36. The molecule has 0 spiro atoms. The lowest BCUT2D eigenvalue weighted by Crippen LogP contribution is -2.24. The van der Waals surface area contributed by atoms with E-state index in [0.29, 0.717) is 13.2 Å². The highest BCUT2D eigenvalue weighted by Gasteiger charge is 2.13. The van der Waals surface area contributed by atoms with E-state index < -0.39 is 0 Å². The number of hydrogen-bond acceptors (Lipinski definition) is 4. The molecule has 0 aliphatic carbocycles. The van der Waals surface area contributed by atoms with Gasteiger partial charge in [0.2, 0.25) is 0 Å². The maximum absolute atomic E-state index is 5.67. The van der Waals surface area contributed by atoms with Crippen molar-refractivity contribution in [2.24, 2.45) is 0 Å². The maximum atomic E-state index is 5.67. The standard InChI is InChI=1S/C15H22O4/c1-12-6-7-13(14(11-12)16-2)17-9-10-19-15-5-3-4-8-18-15/h6-7,11,15H,3-5,8-10H2,1-2H3. The lowest BCUT2D eigenvalue weighted by Gasteiger charge is -2.22. The van der Waals surface area contributed by atoms with E-state index in [-0.39, 0.29) is 6.29 Å². The van der Waals surface area contributed by atoms with Gasteiger partial charge in [0, 0.05) is 6.61 Å². The summed E-state index contributed by atoms with van der Waals surface area (Å²) in [5.74, 6) is 1.51. The van der Waals surface area contributed by atoms with E-state index in [1.807, 2.05) is 25.1 Å². The SMILES string of the molecule is COc1cc(C)ccc1OCCOC1CCCCO1. The van der Waals surface area contributed by atoms with Gasteiger partial charge in [-0.2, -0.15) is 0 Å². The molecule has 0 radical (unpaired) electrons. The van der Waals surface area contributed by atoms with Gasteiger partial charge in [0.25, 0.3) is 0 Å². The first-order valence-corrected chi connectivity index (χ1v) is 6.80. The molecule has 0 saturated carbocycles. The molecular formula is C15H22O4. The van der Waals surface area contributed by atoms with E-state index in [9.17, 15) is 0 Å². The highest BCUT2D eigenvalue weighted by molar-refractivity contribution is 5.42. The summed E-state index contributed by atoms with van der Waals surface area (Å²) in [4.78, 5) is 0. The molecule has 1 aromatic carbocycles. The van der Waals surface area contributed by atoms with E-state index >= 15 is 0 Å². The number of benzene rings is 1. The van der Waals surface area contributed by atoms with Crippen LogP contribution in [0, 0.1) is 6.92 Å². The average Bonchev–Trinajstić information content (AvgIpc) is 2.46. The van der Waals surface area contributed by atoms with Gasteiger partial charge in [-0.1, -0.05) is 6.07 Å². The number of hydrogen-bond donors (Lipinski definition) is 0. The molecule has 19 heavy (non-hydrogen) atoms. The number of rotatable bonds is 6. The summed E-state index contributed by atoms with van der Waals surface area (Å²) in [6.07, 6.45) is 3.24. The maximum Gasteiger partial charge on any atom is 0.161 e. The van der Waals surface area contributed by atoms with E-state index in [1.165, 1.54) is 6.42 Å². The Morgan fingerprint density at radius 2 is 2.11 bits per heavy atom. The van der Waals surface area contributed by atoms with E-state index in [0.717, 1.165) is 36.5 Å². The summed E-state index contributed by atoms with van der Waals surface area (Å²) >= 11 is 0. The smallest absolute Gasteiger partial charge is 0.161 e. The van der Waals surface area contributed by atoms with Crippen molar-refractivity contribution in [3.8, 4) is 11.5 Å². The van der Waals surface area contributed by atoms with Gasteiger partial charge in [0.1, 0.15) is 6.61 Å². The summed E-state index contributed by atoms with van der Waals surface area (Å²) in [6, 6.07) is 5.88. The molecule has 4 nitrogen and oxygen atoms in total. The molecule has 106 valence electrons. The van der Waals surface area contributed by atoms with Crippen LogP contribution in [0.5, 0.6) is 11.5 Å². The minimum Gasteiger partial charge on any atom is -0.493 e. The molecule has 1 saturated heterocycles. The van der Waals surface area contributed by atoms with Crippen molar-refractivity contribution in [3.05, 3.63) is 23.8 Å². The third-order valence-electron chi connectivity index (χ3n) is 3.10. The van der Waals surface area contributed by atoms with Crippen LogP contribution in [0.3, 0.4) is 0 Å². The molecule has 2 rings (SSSR count). The van der Waals surface area contributed by atoms with Crippen LogP contribution in [-0.2, 0) is 9.47 Å². The first kappa shape index (κ1) is 14.2. The Kier molecular flexibility index (Phi) is 5.48. The van der Waals surface area contributed by atoms with Gasteiger partial charge in [0.05, 0.1) is 13.7 Å². The van der Waals surface area contributed by atoms with E-state index in [2.05, 4.69) is 0 Å². The Balaban J connectivity index is 1.73. The van der Waals surface area contributed by atoms with Crippen molar-refractivity contribution in [1.29, 1.82) is 0 Å². The minimum atomic E-state index is -0.0581. The van der Waals surface area contributed by atoms with Crippen LogP contribution in [0.15, 0.2) is 18.2 Å². The van der Waals surface area contributed by atoms with Crippen molar-refractivity contribution in [3.63, 3.8) is 0 Å².